The van der Waals surface area contributed by atoms with Crippen molar-refractivity contribution in [3.8, 4) is 89.8 Å². The first kappa shape index (κ1) is 32.7. The van der Waals surface area contributed by atoms with Crippen LogP contribution < -0.4 is 0 Å². The lowest BCUT2D eigenvalue weighted by Gasteiger charge is -2.14. The van der Waals surface area contributed by atoms with Crippen LogP contribution in [-0.4, -0.2) is 15.0 Å². The van der Waals surface area contributed by atoms with E-state index in [9.17, 15) is 0 Å². The minimum Gasteiger partial charge on any atom is -0.208 e. The van der Waals surface area contributed by atoms with E-state index in [1.165, 1.54) is 22.3 Å². The Morgan fingerprint density at radius 1 is 0.167 bits per heavy atom. The highest BCUT2D eigenvalue weighted by molar-refractivity contribution is 5.85. The fraction of sp³-hybridized carbons (Fsp3) is 0. The smallest absolute Gasteiger partial charge is 0.164 e. The fourth-order valence-electron chi connectivity index (χ4n) is 6.92. The Hall–Kier alpha value is -7.23. The zero-order chi connectivity index (χ0) is 36.1. The summed E-state index contributed by atoms with van der Waals surface area (Å²) in [7, 11) is 0. The minimum absolute atomic E-state index is 0.632. The van der Waals surface area contributed by atoms with Gasteiger partial charge in [0.05, 0.1) is 0 Å². The molecule has 1 heterocycles. The van der Waals surface area contributed by atoms with E-state index in [0.717, 1.165) is 50.1 Å². The molecule has 0 bridgehead atoms. The van der Waals surface area contributed by atoms with Crippen LogP contribution in [0.15, 0.2) is 212 Å². The van der Waals surface area contributed by atoms with Gasteiger partial charge in [0.2, 0.25) is 0 Å². The molecular formula is C51H35N3. The number of aromatic nitrogens is 3. The fourth-order valence-corrected chi connectivity index (χ4v) is 6.92. The van der Waals surface area contributed by atoms with Crippen LogP contribution in [-0.2, 0) is 0 Å². The molecule has 0 saturated heterocycles. The van der Waals surface area contributed by atoms with Gasteiger partial charge in [-0.25, -0.2) is 15.0 Å². The third kappa shape index (κ3) is 6.99. The zero-order valence-corrected chi connectivity index (χ0v) is 29.5. The molecule has 0 N–H and O–H groups in total. The number of hydrogen-bond acceptors (Lipinski definition) is 3. The molecule has 8 aromatic carbocycles. The van der Waals surface area contributed by atoms with Gasteiger partial charge in [0, 0.05) is 16.7 Å². The Balaban J connectivity index is 1.19. The molecule has 1 aromatic heterocycles. The van der Waals surface area contributed by atoms with Gasteiger partial charge in [0.15, 0.2) is 17.5 Å². The molecule has 0 fully saturated rings. The molecule has 0 aliphatic rings. The second kappa shape index (κ2) is 14.8. The van der Waals surface area contributed by atoms with Gasteiger partial charge in [-0.3, -0.25) is 0 Å². The predicted molar refractivity (Wildman–Crippen MR) is 223 cm³/mol. The number of nitrogens with zero attached hydrogens (tertiary/aromatic N) is 3. The number of rotatable bonds is 8. The maximum atomic E-state index is 5.02. The van der Waals surface area contributed by atoms with Crippen LogP contribution in [0.25, 0.3) is 89.8 Å². The average Bonchev–Trinajstić information content (AvgIpc) is 3.27. The summed E-state index contributed by atoms with van der Waals surface area (Å²) in [6.07, 6.45) is 0. The third-order valence-corrected chi connectivity index (χ3v) is 9.69. The van der Waals surface area contributed by atoms with E-state index < -0.39 is 0 Å². The van der Waals surface area contributed by atoms with Gasteiger partial charge < -0.3 is 0 Å². The van der Waals surface area contributed by atoms with Crippen LogP contribution in [0.1, 0.15) is 0 Å². The molecule has 254 valence electrons. The van der Waals surface area contributed by atoms with Crippen LogP contribution in [0.3, 0.4) is 0 Å². The monoisotopic (exact) mass is 689 g/mol. The predicted octanol–water partition coefficient (Wildman–Crippen LogP) is 13.2. The average molecular weight is 690 g/mol. The molecule has 0 aliphatic carbocycles. The maximum Gasteiger partial charge on any atom is 0.164 e. The molecule has 0 amide bonds. The van der Waals surface area contributed by atoms with Crippen molar-refractivity contribution in [2.24, 2.45) is 0 Å². The van der Waals surface area contributed by atoms with E-state index in [1.807, 2.05) is 60.7 Å². The SMILES string of the molecule is c1ccc(-c2cccc(-c3cc(-c4cccc(-c5ccccc5)c4)cc(-c4cccc(-c5nc(-c6ccccc6)nc(-c6ccccc6)n5)c4)c3)c2)cc1. The lowest BCUT2D eigenvalue weighted by atomic mass is 9.91. The molecule has 0 radical (unpaired) electrons. The van der Waals surface area contributed by atoms with Gasteiger partial charge in [-0.2, -0.15) is 0 Å². The standard InChI is InChI=1S/C51H35N3/c1-5-16-36(17-6-1)40-24-13-26-42(30-40)46-33-47(43-27-14-25-41(31-43)37-18-7-2-8-19-37)35-48(34-46)44-28-15-29-45(32-44)51-53-49(38-20-9-3-10-21-38)52-50(54-51)39-22-11-4-12-23-39/h1-35H. The maximum absolute atomic E-state index is 5.02. The summed E-state index contributed by atoms with van der Waals surface area (Å²) in [5.74, 6) is 1.92. The summed E-state index contributed by atoms with van der Waals surface area (Å²) < 4.78 is 0. The van der Waals surface area contributed by atoms with E-state index >= 15 is 0 Å². The van der Waals surface area contributed by atoms with Crippen LogP contribution in [0.5, 0.6) is 0 Å². The molecule has 0 spiro atoms. The molecule has 0 saturated carbocycles. The Morgan fingerprint density at radius 3 is 0.741 bits per heavy atom. The van der Waals surface area contributed by atoms with E-state index in [2.05, 4.69) is 152 Å². The lowest BCUT2D eigenvalue weighted by Crippen LogP contribution is -2.00. The van der Waals surface area contributed by atoms with Crippen LogP contribution >= 0.6 is 0 Å². The van der Waals surface area contributed by atoms with E-state index in [-0.39, 0.29) is 0 Å². The first-order valence-corrected chi connectivity index (χ1v) is 18.2. The quantitative estimate of drug-likeness (QED) is 0.159. The topological polar surface area (TPSA) is 38.7 Å². The van der Waals surface area contributed by atoms with Gasteiger partial charge >= 0.3 is 0 Å². The molecule has 9 rings (SSSR count). The molecule has 3 nitrogen and oxygen atoms in total. The molecule has 9 aromatic rings. The van der Waals surface area contributed by atoms with E-state index in [0.29, 0.717) is 17.5 Å². The first-order chi connectivity index (χ1) is 26.7. The molecular weight excluding hydrogens is 655 g/mol. The van der Waals surface area contributed by atoms with Crippen molar-refractivity contribution in [2.45, 2.75) is 0 Å². The highest BCUT2D eigenvalue weighted by Gasteiger charge is 2.14. The van der Waals surface area contributed by atoms with Crippen molar-refractivity contribution in [3.05, 3.63) is 212 Å². The Bertz CT molecular complexity index is 2530. The summed E-state index contributed by atoms with van der Waals surface area (Å²) in [4.78, 5) is 14.9. The number of benzene rings is 8. The van der Waals surface area contributed by atoms with Crippen molar-refractivity contribution in [3.63, 3.8) is 0 Å². The molecule has 0 atom stereocenters. The summed E-state index contributed by atoms with van der Waals surface area (Å²) in [5, 5.41) is 0. The van der Waals surface area contributed by atoms with E-state index in [1.54, 1.807) is 0 Å². The van der Waals surface area contributed by atoms with Crippen LogP contribution in [0.2, 0.25) is 0 Å². The summed E-state index contributed by atoms with van der Waals surface area (Å²) in [5.41, 5.74) is 14.4. The second-order valence-corrected chi connectivity index (χ2v) is 13.3. The van der Waals surface area contributed by atoms with Crippen LogP contribution in [0.4, 0.5) is 0 Å². The normalized spacial score (nSPS) is 11.0. The van der Waals surface area contributed by atoms with Gasteiger partial charge in [0.25, 0.3) is 0 Å². The van der Waals surface area contributed by atoms with Crippen molar-refractivity contribution < 1.29 is 0 Å². The zero-order valence-electron chi connectivity index (χ0n) is 29.5. The first-order valence-electron chi connectivity index (χ1n) is 18.2. The van der Waals surface area contributed by atoms with Crippen molar-refractivity contribution in [2.75, 3.05) is 0 Å². The third-order valence-electron chi connectivity index (χ3n) is 9.69. The summed E-state index contributed by atoms with van der Waals surface area (Å²) in [6, 6.07) is 74.4. The Kier molecular flexibility index (Phi) is 8.94. The lowest BCUT2D eigenvalue weighted by molar-refractivity contribution is 1.07. The van der Waals surface area contributed by atoms with Crippen molar-refractivity contribution in [1.29, 1.82) is 0 Å². The van der Waals surface area contributed by atoms with E-state index in [4.69, 9.17) is 15.0 Å². The van der Waals surface area contributed by atoms with Crippen molar-refractivity contribution >= 4 is 0 Å². The minimum atomic E-state index is 0.632. The van der Waals surface area contributed by atoms with Crippen molar-refractivity contribution in [1.82, 2.24) is 15.0 Å². The Labute approximate surface area is 316 Å². The summed E-state index contributed by atoms with van der Waals surface area (Å²) >= 11 is 0. The van der Waals surface area contributed by atoms with Gasteiger partial charge in [-0.05, 0) is 92.0 Å². The molecule has 54 heavy (non-hydrogen) atoms. The second-order valence-electron chi connectivity index (χ2n) is 13.3. The van der Waals surface area contributed by atoms with Gasteiger partial charge in [-0.15, -0.1) is 0 Å². The molecule has 0 aliphatic heterocycles. The van der Waals surface area contributed by atoms with Gasteiger partial charge in [-0.1, -0.05) is 176 Å². The Morgan fingerprint density at radius 2 is 0.389 bits per heavy atom. The number of hydrogen-bond donors (Lipinski definition) is 0. The molecule has 3 heteroatoms. The highest BCUT2D eigenvalue weighted by atomic mass is 15.0. The largest absolute Gasteiger partial charge is 0.208 e. The molecule has 0 unspecified atom stereocenters. The van der Waals surface area contributed by atoms with Crippen LogP contribution in [0, 0.1) is 0 Å². The highest BCUT2D eigenvalue weighted by Crippen LogP contribution is 2.37. The van der Waals surface area contributed by atoms with Gasteiger partial charge in [0.1, 0.15) is 0 Å². The summed E-state index contributed by atoms with van der Waals surface area (Å²) in [6.45, 7) is 0.